The van der Waals surface area contributed by atoms with E-state index in [0.29, 0.717) is 13.2 Å². The number of ether oxygens (including phenoxy) is 1. The first kappa shape index (κ1) is 16.0. The molecule has 4 heteroatoms. The van der Waals surface area contributed by atoms with Crippen LogP contribution in [0.1, 0.15) is 5.56 Å². The monoisotopic (exact) mass is 349 g/mol. The quantitative estimate of drug-likeness (QED) is 0.719. The molecule has 2 aromatic rings. The van der Waals surface area contributed by atoms with E-state index in [0.717, 1.165) is 16.6 Å². The minimum absolute atomic E-state index is 0.0564. The van der Waals surface area contributed by atoms with Gasteiger partial charge in [-0.05, 0) is 36.2 Å². The van der Waals surface area contributed by atoms with Crippen molar-refractivity contribution in [1.82, 2.24) is 5.32 Å². The number of rotatable bonds is 8. The van der Waals surface area contributed by atoms with Gasteiger partial charge < -0.3 is 15.2 Å². The summed E-state index contributed by atoms with van der Waals surface area (Å²) in [6.07, 6.45) is 0.815. The number of hydrogen-bond acceptors (Lipinski definition) is 3. The standard InChI is InChI=1S/C17H20BrNO2/c18-15-6-8-17(9-7-15)21-11-10-19-16(13-20)12-14-4-2-1-3-5-14/h1-9,16,19-20H,10-13H2. The predicted octanol–water partition coefficient (Wildman–Crippen LogP) is 3.02. The molecule has 0 heterocycles. The van der Waals surface area contributed by atoms with Crippen molar-refractivity contribution >= 4 is 15.9 Å². The van der Waals surface area contributed by atoms with Crippen LogP contribution < -0.4 is 10.1 Å². The maximum Gasteiger partial charge on any atom is 0.119 e. The molecule has 0 aliphatic carbocycles. The third-order valence-corrected chi connectivity index (χ3v) is 3.69. The fraction of sp³-hybridized carbons (Fsp3) is 0.294. The van der Waals surface area contributed by atoms with Crippen LogP contribution in [0.15, 0.2) is 59.1 Å². The number of aliphatic hydroxyl groups excluding tert-OH is 1. The minimum atomic E-state index is 0.0564. The predicted molar refractivity (Wildman–Crippen MR) is 88.7 cm³/mol. The lowest BCUT2D eigenvalue weighted by atomic mass is 10.1. The maximum absolute atomic E-state index is 9.43. The maximum atomic E-state index is 9.43. The van der Waals surface area contributed by atoms with Crippen molar-refractivity contribution in [2.75, 3.05) is 19.8 Å². The van der Waals surface area contributed by atoms with Gasteiger partial charge in [0.1, 0.15) is 12.4 Å². The van der Waals surface area contributed by atoms with Gasteiger partial charge in [-0.1, -0.05) is 46.3 Å². The van der Waals surface area contributed by atoms with Gasteiger partial charge in [-0.3, -0.25) is 0 Å². The van der Waals surface area contributed by atoms with Crippen LogP contribution in [0, 0.1) is 0 Å². The highest BCUT2D eigenvalue weighted by Crippen LogP contribution is 2.15. The highest BCUT2D eigenvalue weighted by molar-refractivity contribution is 9.10. The Balaban J connectivity index is 1.70. The topological polar surface area (TPSA) is 41.5 Å². The summed E-state index contributed by atoms with van der Waals surface area (Å²) in [6.45, 7) is 1.40. The van der Waals surface area contributed by atoms with Crippen molar-refractivity contribution in [2.45, 2.75) is 12.5 Å². The molecule has 0 aromatic heterocycles. The van der Waals surface area contributed by atoms with E-state index in [-0.39, 0.29) is 12.6 Å². The van der Waals surface area contributed by atoms with E-state index in [1.54, 1.807) is 0 Å². The Bertz CT molecular complexity index is 516. The van der Waals surface area contributed by atoms with Gasteiger partial charge in [0.05, 0.1) is 6.61 Å². The first-order chi connectivity index (χ1) is 10.3. The molecule has 1 atom stereocenters. The molecule has 112 valence electrons. The zero-order valence-corrected chi connectivity index (χ0v) is 13.4. The zero-order chi connectivity index (χ0) is 14.9. The molecular weight excluding hydrogens is 330 g/mol. The highest BCUT2D eigenvalue weighted by atomic mass is 79.9. The fourth-order valence-electron chi connectivity index (χ4n) is 2.06. The van der Waals surface area contributed by atoms with Gasteiger partial charge in [0, 0.05) is 17.1 Å². The van der Waals surface area contributed by atoms with Gasteiger partial charge in [-0.2, -0.15) is 0 Å². The zero-order valence-electron chi connectivity index (χ0n) is 11.8. The molecule has 0 bridgehead atoms. The molecule has 0 aliphatic heterocycles. The second-order valence-corrected chi connectivity index (χ2v) is 5.74. The molecule has 0 fully saturated rings. The lowest BCUT2D eigenvalue weighted by molar-refractivity contribution is 0.230. The second-order valence-electron chi connectivity index (χ2n) is 4.83. The van der Waals surface area contributed by atoms with Crippen molar-refractivity contribution < 1.29 is 9.84 Å². The lowest BCUT2D eigenvalue weighted by Crippen LogP contribution is -2.37. The molecule has 0 radical (unpaired) electrons. The summed E-state index contributed by atoms with van der Waals surface area (Å²) in [5.74, 6) is 0.851. The molecule has 2 aromatic carbocycles. The van der Waals surface area contributed by atoms with E-state index in [1.807, 2.05) is 42.5 Å². The third-order valence-electron chi connectivity index (χ3n) is 3.16. The summed E-state index contributed by atoms with van der Waals surface area (Å²) in [7, 11) is 0. The molecule has 21 heavy (non-hydrogen) atoms. The number of nitrogens with one attached hydrogen (secondary N) is 1. The summed E-state index contributed by atoms with van der Waals surface area (Å²) >= 11 is 3.39. The van der Waals surface area contributed by atoms with Crippen molar-refractivity contribution in [3.05, 3.63) is 64.6 Å². The van der Waals surface area contributed by atoms with Gasteiger partial charge >= 0.3 is 0 Å². The SMILES string of the molecule is OCC(Cc1ccccc1)NCCOc1ccc(Br)cc1. The van der Waals surface area contributed by atoms with Gasteiger partial charge in [-0.25, -0.2) is 0 Å². The van der Waals surface area contributed by atoms with Gasteiger partial charge in [0.15, 0.2) is 0 Å². The summed E-state index contributed by atoms with van der Waals surface area (Å²) in [5, 5.41) is 12.7. The summed E-state index contributed by atoms with van der Waals surface area (Å²) in [6, 6.07) is 18.0. The summed E-state index contributed by atoms with van der Waals surface area (Å²) in [4.78, 5) is 0. The Morgan fingerprint density at radius 1 is 1.05 bits per heavy atom. The van der Waals surface area contributed by atoms with E-state index in [2.05, 4.69) is 33.4 Å². The van der Waals surface area contributed by atoms with Crippen LogP contribution in [0.4, 0.5) is 0 Å². The average molecular weight is 350 g/mol. The van der Waals surface area contributed by atoms with E-state index < -0.39 is 0 Å². The number of halogens is 1. The van der Waals surface area contributed by atoms with Crippen LogP contribution >= 0.6 is 15.9 Å². The van der Waals surface area contributed by atoms with Crippen LogP contribution in [0.25, 0.3) is 0 Å². The van der Waals surface area contributed by atoms with E-state index >= 15 is 0 Å². The molecule has 0 spiro atoms. The molecular formula is C17H20BrNO2. The Hall–Kier alpha value is -1.36. The third kappa shape index (κ3) is 5.87. The molecule has 1 unspecified atom stereocenters. The van der Waals surface area contributed by atoms with Crippen molar-refractivity contribution in [2.24, 2.45) is 0 Å². The molecule has 2 rings (SSSR count). The fourth-order valence-corrected chi connectivity index (χ4v) is 2.33. The molecule has 2 N–H and O–H groups in total. The minimum Gasteiger partial charge on any atom is -0.492 e. The normalized spacial score (nSPS) is 12.1. The summed E-state index contributed by atoms with van der Waals surface area (Å²) in [5.41, 5.74) is 1.22. The first-order valence-corrected chi connectivity index (χ1v) is 7.84. The number of aliphatic hydroxyl groups is 1. The van der Waals surface area contributed by atoms with E-state index in [9.17, 15) is 5.11 Å². The Labute approximate surface area is 134 Å². The Morgan fingerprint density at radius 3 is 2.43 bits per heavy atom. The molecule has 0 saturated heterocycles. The number of hydrogen-bond donors (Lipinski definition) is 2. The van der Waals surface area contributed by atoms with E-state index in [4.69, 9.17) is 4.74 Å². The molecule has 0 saturated carbocycles. The second kappa shape index (κ2) is 8.82. The molecule has 3 nitrogen and oxygen atoms in total. The average Bonchev–Trinajstić information content (AvgIpc) is 2.53. The Morgan fingerprint density at radius 2 is 1.76 bits per heavy atom. The van der Waals surface area contributed by atoms with Crippen LogP contribution in [0.3, 0.4) is 0 Å². The largest absolute Gasteiger partial charge is 0.492 e. The number of benzene rings is 2. The highest BCUT2D eigenvalue weighted by Gasteiger charge is 2.07. The molecule has 0 aliphatic rings. The van der Waals surface area contributed by atoms with Crippen molar-refractivity contribution in [1.29, 1.82) is 0 Å². The van der Waals surface area contributed by atoms with Gasteiger partial charge in [-0.15, -0.1) is 0 Å². The Kier molecular flexibility index (Phi) is 6.73. The molecule has 0 amide bonds. The van der Waals surface area contributed by atoms with E-state index in [1.165, 1.54) is 5.56 Å². The summed E-state index contributed by atoms with van der Waals surface area (Å²) < 4.78 is 6.68. The van der Waals surface area contributed by atoms with Crippen LogP contribution in [0.2, 0.25) is 0 Å². The first-order valence-electron chi connectivity index (χ1n) is 7.04. The van der Waals surface area contributed by atoms with Crippen LogP contribution in [-0.2, 0) is 6.42 Å². The van der Waals surface area contributed by atoms with Crippen molar-refractivity contribution in [3.63, 3.8) is 0 Å². The van der Waals surface area contributed by atoms with Crippen molar-refractivity contribution in [3.8, 4) is 5.75 Å². The van der Waals surface area contributed by atoms with Gasteiger partial charge in [0.25, 0.3) is 0 Å². The smallest absolute Gasteiger partial charge is 0.119 e. The van der Waals surface area contributed by atoms with Crippen LogP contribution in [0.5, 0.6) is 5.75 Å². The van der Waals surface area contributed by atoms with Crippen LogP contribution in [-0.4, -0.2) is 30.9 Å². The van der Waals surface area contributed by atoms with Gasteiger partial charge in [0.2, 0.25) is 0 Å². The lowest BCUT2D eigenvalue weighted by Gasteiger charge is -2.16.